The van der Waals surface area contributed by atoms with E-state index >= 15 is 0 Å². The summed E-state index contributed by atoms with van der Waals surface area (Å²) in [4.78, 5) is 25.1. The maximum Gasteiger partial charge on any atom is 0.408 e. The van der Waals surface area contributed by atoms with Crippen molar-refractivity contribution in [2.45, 2.75) is 39.3 Å². The van der Waals surface area contributed by atoms with Crippen molar-refractivity contribution in [2.75, 3.05) is 0 Å². The summed E-state index contributed by atoms with van der Waals surface area (Å²) in [7, 11) is 0. The monoisotopic (exact) mass is 519 g/mol. The van der Waals surface area contributed by atoms with Gasteiger partial charge in [-0.15, -0.1) is 0 Å². The fourth-order valence-electron chi connectivity index (χ4n) is 4.22. The fourth-order valence-corrected chi connectivity index (χ4v) is 4.22. The van der Waals surface area contributed by atoms with Gasteiger partial charge in [-0.2, -0.15) is 8.78 Å². The first-order chi connectivity index (χ1) is 17.6. The van der Waals surface area contributed by atoms with Gasteiger partial charge in [-0.05, 0) is 46.6 Å². The molecule has 4 rings (SSSR count). The van der Waals surface area contributed by atoms with Crippen LogP contribution in [0.25, 0.3) is 11.1 Å². The van der Waals surface area contributed by atoms with Crippen LogP contribution in [0.3, 0.4) is 0 Å². The second-order valence-corrected chi connectivity index (χ2v) is 9.00. The van der Waals surface area contributed by atoms with Crippen LogP contribution in [0.5, 0.6) is 5.75 Å². The molecular formula is C27H22F5NO4. The van der Waals surface area contributed by atoms with Crippen LogP contribution in [-0.4, -0.2) is 18.1 Å². The van der Waals surface area contributed by atoms with Gasteiger partial charge in [0, 0.05) is 0 Å². The average molecular weight is 519 g/mol. The highest BCUT2D eigenvalue weighted by molar-refractivity contribution is 5.83. The van der Waals surface area contributed by atoms with Crippen molar-refractivity contribution in [1.29, 1.82) is 0 Å². The number of alkyl carbamates (subject to hydrolysis) is 1. The number of carbonyl (C=O) groups is 2. The van der Waals surface area contributed by atoms with Gasteiger partial charge in [-0.1, -0.05) is 56.3 Å². The van der Waals surface area contributed by atoms with Crippen LogP contribution in [0.1, 0.15) is 37.0 Å². The third-order valence-corrected chi connectivity index (χ3v) is 5.96. The predicted molar refractivity (Wildman–Crippen MR) is 123 cm³/mol. The maximum atomic E-state index is 14.0. The Labute approximate surface area is 209 Å². The van der Waals surface area contributed by atoms with E-state index in [-0.39, 0.29) is 18.9 Å². The lowest BCUT2D eigenvalue weighted by atomic mass is 10.0. The Morgan fingerprint density at radius 2 is 1.49 bits per heavy atom. The van der Waals surface area contributed by atoms with E-state index in [1.165, 1.54) is 0 Å². The Hall–Kier alpha value is -3.95. The number of amides is 1. The molecule has 0 aromatic heterocycles. The summed E-state index contributed by atoms with van der Waals surface area (Å²) >= 11 is 0. The summed E-state index contributed by atoms with van der Waals surface area (Å²) in [5, 5.41) is 2.26. The van der Waals surface area contributed by atoms with Gasteiger partial charge >= 0.3 is 12.1 Å². The molecule has 0 unspecified atom stereocenters. The van der Waals surface area contributed by atoms with Crippen LogP contribution in [0.2, 0.25) is 0 Å². The molecule has 5 nitrogen and oxygen atoms in total. The number of hydrogen-bond acceptors (Lipinski definition) is 4. The normalized spacial score (nSPS) is 12.6. The molecule has 0 heterocycles. The first kappa shape index (κ1) is 26.1. The third-order valence-electron chi connectivity index (χ3n) is 5.96. The molecule has 0 radical (unpaired) electrons. The number of hydrogen-bond donors (Lipinski definition) is 1. The summed E-state index contributed by atoms with van der Waals surface area (Å²) in [6.07, 6.45) is -0.413. The van der Waals surface area contributed by atoms with E-state index in [1.807, 2.05) is 36.4 Å². The molecule has 10 heteroatoms. The molecule has 0 aliphatic heterocycles. The molecule has 0 saturated heterocycles. The van der Waals surface area contributed by atoms with Gasteiger partial charge in [0.2, 0.25) is 34.8 Å². The minimum atomic E-state index is -2.38. The number of benzene rings is 3. The van der Waals surface area contributed by atoms with E-state index in [0.717, 1.165) is 27.8 Å². The maximum absolute atomic E-state index is 14.0. The smallest absolute Gasteiger partial charge is 0.408 e. The standard InChI is InChI=1S/C27H22F5NO4/c1-13(2)10-19(26(34)37-25-23(31)21(29)20(28)22(30)24(25)32)33-27(35)36-12-15-7-5-9-17-16-8-4-3-6-14(16)11-18(15)17/h3-9,13,19H,10-12H2,1-2H3,(H,33,35)/t19-/m0/s1. The molecule has 0 saturated carbocycles. The van der Waals surface area contributed by atoms with Gasteiger partial charge < -0.3 is 14.8 Å². The largest absolute Gasteiger partial charge is 0.445 e. The van der Waals surface area contributed by atoms with Gasteiger partial charge in [0.15, 0.2) is 0 Å². The Morgan fingerprint density at radius 1 is 0.865 bits per heavy atom. The number of esters is 1. The molecule has 1 aliphatic carbocycles. The van der Waals surface area contributed by atoms with Gasteiger partial charge in [-0.25, -0.2) is 22.8 Å². The number of carbonyl (C=O) groups excluding carboxylic acids is 2. The lowest BCUT2D eigenvalue weighted by molar-refractivity contribution is -0.137. The molecule has 1 N–H and O–H groups in total. The van der Waals surface area contributed by atoms with E-state index in [2.05, 4.69) is 10.1 Å². The number of rotatable bonds is 7. The van der Waals surface area contributed by atoms with Crippen molar-refractivity contribution in [1.82, 2.24) is 5.32 Å². The molecule has 3 aromatic carbocycles. The Morgan fingerprint density at radius 3 is 2.16 bits per heavy atom. The highest BCUT2D eigenvalue weighted by atomic mass is 19.2. The molecule has 194 valence electrons. The molecule has 1 aliphatic rings. The van der Waals surface area contributed by atoms with Crippen LogP contribution in [-0.2, 0) is 22.6 Å². The third kappa shape index (κ3) is 5.28. The SMILES string of the molecule is CC(C)C[C@H](NC(=O)OCc1cccc2c1Cc1ccccc1-2)C(=O)Oc1c(F)c(F)c(F)c(F)c1F. The summed E-state index contributed by atoms with van der Waals surface area (Å²) in [5.41, 5.74) is 5.02. The Kier molecular flexibility index (Phi) is 7.47. The van der Waals surface area contributed by atoms with Crippen molar-refractivity contribution in [3.63, 3.8) is 0 Å². The van der Waals surface area contributed by atoms with Crippen LogP contribution < -0.4 is 10.1 Å². The number of fused-ring (bicyclic) bond motifs is 3. The minimum absolute atomic E-state index is 0.0562. The average Bonchev–Trinajstić information content (AvgIpc) is 3.26. The van der Waals surface area contributed by atoms with E-state index in [4.69, 9.17) is 4.74 Å². The van der Waals surface area contributed by atoms with Crippen molar-refractivity contribution >= 4 is 12.1 Å². The van der Waals surface area contributed by atoms with E-state index in [0.29, 0.717) is 6.42 Å². The topological polar surface area (TPSA) is 64.6 Å². The first-order valence-electron chi connectivity index (χ1n) is 11.4. The molecular weight excluding hydrogens is 497 g/mol. The molecule has 0 bridgehead atoms. The lowest BCUT2D eigenvalue weighted by Crippen LogP contribution is -2.44. The van der Waals surface area contributed by atoms with Gasteiger partial charge in [-0.3, -0.25) is 0 Å². The molecule has 37 heavy (non-hydrogen) atoms. The van der Waals surface area contributed by atoms with Crippen LogP contribution in [0.15, 0.2) is 42.5 Å². The Bertz CT molecular complexity index is 1350. The van der Waals surface area contributed by atoms with Crippen molar-refractivity contribution in [2.24, 2.45) is 5.92 Å². The van der Waals surface area contributed by atoms with E-state index in [1.54, 1.807) is 19.9 Å². The van der Waals surface area contributed by atoms with E-state index in [9.17, 15) is 31.5 Å². The number of halogens is 5. The highest BCUT2D eigenvalue weighted by Crippen LogP contribution is 2.38. The van der Waals surface area contributed by atoms with Crippen LogP contribution in [0, 0.1) is 35.0 Å². The zero-order valence-electron chi connectivity index (χ0n) is 19.8. The number of ether oxygens (including phenoxy) is 2. The zero-order valence-corrected chi connectivity index (χ0v) is 19.8. The van der Waals surface area contributed by atoms with Crippen LogP contribution in [0.4, 0.5) is 26.7 Å². The minimum Gasteiger partial charge on any atom is -0.445 e. The van der Waals surface area contributed by atoms with Crippen molar-refractivity contribution in [3.05, 3.63) is 88.2 Å². The summed E-state index contributed by atoms with van der Waals surface area (Å²) in [6.45, 7) is 3.26. The van der Waals surface area contributed by atoms with Gasteiger partial charge in [0.05, 0.1) is 0 Å². The highest BCUT2D eigenvalue weighted by Gasteiger charge is 2.32. The first-order valence-corrected chi connectivity index (χ1v) is 11.4. The second-order valence-electron chi connectivity index (χ2n) is 9.00. The number of nitrogens with one attached hydrogen (secondary N) is 1. The fraction of sp³-hybridized carbons (Fsp3) is 0.259. The Balaban J connectivity index is 1.46. The summed E-state index contributed by atoms with van der Waals surface area (Å²) in [6, 6.07) is 12.0. The predicted octanol–water partition coefficient (Wildman–Crippen LogP) is 6.20. The molecule has 1 atom stereocenters. The van der Waals surface area contributed by atoms with Crippen molar-refractivity contribution in [3.8, 4) is 16.9 Å². The van der Waals surface area contributed by atoms with Crippen LogP contribution >= 0.6 is 0 Å². The molecule has 1 amide bonds. The summed E-state index contributed by atoms with van der Waals surface area (Å²) < 4.78 is 77.9. The van der Waals surface area contributed by atoms with Gasteiger partial charge in [0.1, 0.15) is 12.6 Å². The quantitative estimate of drug-likeness (QED) is 0.104. The van der Waals surface area contributed by atoms with Gasteiger partial charge in [0.25, 0.3) is 0 Å². The molecule has 0 fully saturated rings. The van der Waals surface area contributed by atoms with Crippen molar-refractivity contribution < 1.29 is 41.0 Å². The molecule has 3 aromatic rings. The zero-order chi connectivity index (χ0) is 26.9. The van der Waals surface area contributed by atoms with E-state index < -0.39 is 52.9 Å². The summed E-state index contributed by atoms with van der Waals surface area (Å²) in [5.74, 6) is -14.9. The second kappa shape index (κ2) is 10.6. The molecule has 0 spiro atoms. The lowest BCUT2D eigenvalue weighted by Gasteiger charge is -2.20.